The zero-order valence-electron chi connectivity index (χ0n) is 13.4. The van der Waals surface area contributed by atoms with Crippen molar-refractivity contribution >= 4 is 5.69 Å². The monoisotopic (exact) mass is 275 g/mol. The molecule has 1 aromatic carbocycles. The van der Waals surface area contributed by atoms with E-state index in [1.54, 1.807) is 0 Å². The van der Waals surface area contributed by atoms with Crippen LogP contribution < -0.4 is 10.1 Å². The van der Waals surface area contributed by atoms with Gasteiger partial charge in [0.25, 0.3) is 0 Å². The third-order valence-electron chi connectivity index (χ3n) is 4.41. The lowest BCUT2D eigenvalue weighted by Gasteiger charge is -2.41. The van der Waals surface area contributed by atoms with E-state index in [2.05, 4.69) is 44.3 Å². The number of benzene rings is 1. The van der Waals surface area contributed by atoms with Crippen LogP contribution in [0.5, 0.6) is 5.75 Å². The predicted molar refractivity (Wildman–Crippen MR) is 86.4 cm³/mol. The summed E-state index contributed by atoms with van der Waals surface area (Å²) < 4.78 is 5.74. The minimum atomic E-state index is 0.360. The lowest BCUT2D eigenvalue weighted by Crippen LogP contribution is -2.39. The fraction of sp³-hybridized carbons (Fsp3) is 0.667. The molecule has 1 aliphatic rings. The van der Waals surface area contributed by atoms with Crippen molar-refractivity contribution in [1.82, 2.24) is 0 Å². The zero-order chi connectivity index (χ0) is 14.6. The van der Waals surface area contributed by atoms with E-state index >= 15 is 0 Å². The number of nitrogens with one attached hydrogen (secondary N) is 1. The van der Waals surface area contributed by atoms with Crippen LogP contribution in [0.25, 0.3) is 0 Å². The molecule has 0 amide bonds. The highest BCUT2D eigenvalue weighted by atomic mass is 16.5. The maximum Gasteiger partial charge on any atom is 0.142 e. The maximum absolute atomic E-state index is 5.74. The van der Waals surface area contributed by atoms with Crippen LogP contribution in [-0.4, -0.2) is 12.6 Å². The molecule has 2 unspecified atom stereocenters. The highest BCUT2D eigenvalue weighted by molar-refractivity contribution is 5.56. The van der Waals surface area contributed by atoms with Crippen LogP contribution >= 0.6 is 0 Å². The van der Waals surface area contributed by atoms with Gasteiger partial charge in [0.15, 0.2) is 0 Å². The molecular weight excluding hydrogens is 246 g/mol. The van der Waals surface area contributed by atoms with Gasteiger partial charge in [-0.15, -0.1) is 0 Å². The Morgan fingerprint density at radius 3 is 2.55 bits per heavy atom. The van der Waals surface area contributed by atoms with Gasteiger partial charge in [-0.25, -0.2) is 0 Å². The molecule has 1 N–H and O–H groups in total. The van der Waals surface area contributed by atoms with Gasteiger partial charge in [0.1, 0.15) is 5.75 Å². The fourth-order valence-electron chi connectivity index (χ4n) is 3.41. The molecular formula is C18H29NO. The Balaban J connectivity index is 2.15. The lowest BCUT2D eigenvalue weighted by atomic mass is 9.69. The SMILES string of the molecule is CCOc1ccccc1NC1CCCCC1C(C)(C)C. The summed E-state index contributed by atoms with van der Waals surface area (Å²) in [5, 5.41) is 3.77. The van der Waals surface area contributed by atoms with Gasteiger partial charge in [0.05, 0.1) is 12.3 Å². The molecule has 2 heteroatoms. The molecule has 0 spiro atoms. The van der Waals surface area contributed by atoms with Crippen LogP contribution in [0.2, 0.25) is 0 Å². The number of hydrogen-bond donors (Lipinski definition) is 1. The second-order valence-electron chi connectivity index (χ2n) is 6.94. The molecule has 1 aromatic rings. The molecule has 1 saturated carbocycles. The van der Waals surface area contributed by atoms with Crippen molar-refractivity contribution in [1.29, 1.82) is 0 Å². The largest absolute Gasteiger partial charge is 0.492 e. The van der Waals surface area contributed by atoms with E-state index in [9.17, 15) is 0 Å². The van der Waals surface area contributed by atoms with E-state index in [0.29, 0.717) is 18.1 Å². The molecule has 2 rings (SSSR count). The Hall–Kier alpha value is -1.18. The first-order chi connectivity index (χ1) is 9.52. The van der Waals surface area contributed by atoms with Crippen molar-refractivity contribution in [2.75, 3.05) is 11.9 Å². The molecule has 20 heavy (non-hydrogen) atoms. The lowest BCUT2D eigenvalue weighted by molar-refractivity contribution is 0.162. The van der Waals surface area contributed by atoms with Crippen LogP contribution in [0.4, 0.5) is 5.69 Å². The highest BCUT2D eigenvalue weighted by Crippen LogP contribution is 2.40. The van der Waals surface area contributed by atoms with Gasteiger partial charge in [-0.1, -0.05) is 45.7 Å². The Labute approximate surface area is 123 Å². The molecule has 2 nitrogen and oxygen atoms in total. The van der Waals surface area contributed by atoms with E-state index in [-0.39, 0.29) is 0 Å². The van der Waals surface area contributed by atoms with Gasteiger partial charge in [-0.3, -0.25) is 0 Å². The molecule has 0 saturated heterocycles. The smallest absolute Gasteiger partial charge is 0.142 e. The van der Waals surface area contributed by atoms with E-state index in [0.717, 1.165) is 17.4 Å². The number of rotatable bonds is 4. The summed E-state index contributed by atoms with van der Waals surface area (Å²) in [6.45, 7) is 9.85. The topological polar surface area (TPSA) is 21.3 Å². The Kier molecular flexibility index (Phi) is 4.95. The summed E-state index contributed by atoms with van der Waals surface area (Å²) in [5.74, 6) is 1.71. The van der Waals surface area contributed by atoms with E-state index in [1.807, 2.05) is 13.0 Å². The molecule has 2 atom stereocenters. The van der Waals surface area contributed by atoms with Crippen molar-refractivity contribution < 1.29 is 4.74 Å². The molecule has 0 radical (unpaired) electrons. The molecule has 1 fully saturated rings. The van der Waals surface area contributed by atoms with Crippen LogP contribution in [0.1, 0.15) is 53.4 Å². The van der Waals surface area contributed by atoms with Crippen molar-refractivity contribution in [3.63, 3.8) is 0 Å². The van der Waals surface area contributed by atoms with Crippen LogP contribution in [0.3, 0.4) is 0 Å². The average Bonchev–Trinajstić information content (AvgIpc) is 2.41. The van der Waals surface area contributed by atoms with Crippen LogP contribution in [-0.2, 0) is 0 Å². The number of anilines is 1. The third kappa shape index (κ3) is 3.68. The Morgan fingerprint density at radius 1 is 1.15 bits per heavy atom. The standard InChI is InChI=1S/C18H29NO/c1-5-20-17-13-9-8-12-16(17)19-15-11-7-6-10-14(15)18(2,3)4/h8-9,12-15,19H,5-7,10-11H2,1-4H3. The summed E-state index contributed by atoms with van der Waals surface area (Å²) >= 11 is 0. The van der Waals surface area contributed by atoms with Crippen molar-refractivity contribution in [2.24, 2.45) is 11.3 Å². The molecule has 0 bridgehead atoms. The van der Waals surface area contributed by atoms with Crippen molar-refractivity contribution in [3.8, 4) is 5.75 Å². The quantitative estimate of drug-likeness (QED) is 0.825. The summed E-state index contributed by atoms with van der Waals surface area (Å²) in [5.41, 5.74) is 1.51. The second-order valence-corrected chi connectivity index (χ2v) is 6.94. The molecule has 0 aromatic heterocycles. The van der Waals surface area contributed by atoms with Gasteiger partial charge in [0, 0.05) is 6.04 Å². The second kappa shape index (κ2) is 6.51. The first-order valence-electron chi connectivity index (χ1n) is 8.00. The summed E-state index contributed by atoms with van der Waals surface area (Å²) in [6.07, 6.45) is 5.30. The van der Waals surface area contributed by atoms with Crippen molar-refractivity contribution in [3.05, 3.63) is 24.3 Å². The molecule has 0 heterocycles. The molecule has 1 aliphatic carbocycles. The zero-order valence-corrected chi connectivity index (χ0v) is 13.4. The van der Waals surface area contributed by atoms with E-state index in [1.165, 1.54) is 25.7 Å². The number of hydrogen-bond acceptors (Lipinski definition) is 2. The van der Waals surface area contributed by atoms with E-state index in [4.69, 9.17) is 4.74 Å². The molecule has 112 valence electrons. The van der Waals surface area contributed by atoms with Gasteiger partial charge in [-0.2, -0.15) is 0 Å². The summed E-state index contributed by atoms with van der Waals surface area (Å²) in [6, 6.07) is 8.88. The predicted octanol–water partition coefficient (Wildman–Crippen LogP) is 5.10. The highest BCUT2D eigenvalue weighted by Gasteiger charge is 2.34. The first-order valence-corrected chi connectivity index (χ1v) is 8.00. The number of ether oxygens (including phenoxy) is 1. The first kappa shape index (κ1) is 15.2. The summed E-state index contributed by atoms with van der Waals surface area (Å²) in [4.78, 5) is 0. The van der Waals surface area contributed by atoms with Crippen molar-refractivity contribution in [2.45, 2.75) is 59.4 Å². The van der Waals surface area contributed by atoms with Gasteiger partial charge >= 0.3 is 0 Å². The van der Waals surface area contributed by atoms with E-state index < -0.39 is 0 Å². The average molecular weight is 275 g/mol. The fourth-order valence-corrected chi connectivity index (χ4v) is 3.41. The van der Waals surface area contributed by atoms with Gasteiger partial charge in [-0.05, 0) is 43.2 Å². The van der Waals surface area contributed by atoms with Gasteiger partial charge in [0.2, 0.25) is 0 Å². The Morgan fingerprint density at radius 2 is 1.85 bits per heavy atom. The van der Waals surface area contributed by atoms with Crippen LogP contribution in [0.15, 0.2) is 24.3 Å². The number of para-hydroxylation sites is 2. The normalized spacial score (nSPS) is 23.4. The minimum Gasteiger partial charge on any atom is -0.492 e. The van der Waals surface area contributed by atoms with Gasteiger partial charge < -0.3 is 10.1 Å². The summed E-state index contributed by atoms with van der Waals surface area (Å²) in [7, 11) is 0. The third-order valence-corrected chi connectivity index (χ3v) is 4.41. The maximum atomic E-state index is 5.74. The van der Waals surface area contributed by atoms with Crippen LogP contribution in [0, 0.1) is 11.3 Å². The minimum absolute atomic E-state index is 0.360. The molecule has 0 aliphatic heterocycles. The Bertz CT molecular complexity index is 422.